The van der Waals surface area contributed by atoms with Crippen LogP contribution in [0.2, 0.25) is 0 Å². The van der Waals surface area contributed by atoms with Gasteiger partial charge in [-0.2, -0.15) is 0 Å². The van der Waals surface area contributed by atoms with Crippen LogP contribution in [0.4, 0.5) is 0 Å². The Hall–Kier alpha value is -1.06. The third-order valence-corrected chi connectivity index (χ3v) is 5.55. The molecule has 23 heavy (non-hydrogen) atoms. The smallest absolute Gasteiger partial charge is 0.225 e. The Balaban J connectivity index is 0.00000192. The van der Waals surface area contributed by atoms with Gasteiger partial charge in [0.05, 0.1) is 0 Å². The molecule has 1 amide bonds. The fourth-order valence-electron chi connectivity index (χ4n) is 4.29. The Bertz CT molecular complexity index is 548. The Kier molecular flexibility index (Phi) is 6.10. The molecule has 2 fully saturated rings. The van der Waals surface area contributed by atoms with Crippen molar-refractivity contribution in [2.24, 2.45) is 11.7 Å². The van der Waals surface area contributed by atoms with E-state index in [4.69, 9.17) is 5.73 Å². The van der Waals surface area contributed by atoms with Crippen molar-refractivity contribution in [3.63, 3.8) is 0 Å². The van der Waals surface area contributed by atoms with Gasteiger partial charge in [-0.25, -0.2) is 0 Å². The Labute approximate surface area is 146 Å². The molecule has 0 aromatic heterocycles. The molecule has 2 N–H and O–H groups in total. The fourth-order valence-corrected chi connectivity index (χ4v) is 4.29. The van der Waals surface area contributed by atoms with Crippen LogP contribution >= 0.6 is 12.4 Å². The predicted molar refractivity (Wildman–Crippen MR) is 96.9 cm³/mol. The second kappa shape index (κ2) is 7.67. The molecule has 4 unspecified atom stereocenters. The molecule has 1 saturated heterocycles. The van der Waals surface area contributed by atoms with E-state index in [-0.39, 0.29) is 24.4 Å². The number of halogens is 1. The van der Waals surface area contributed by atoms with Crippen LogP contribution in [0.25, 0.3) is 0 Å². The molecule has 1 heterocycles. The highest BCUT2D eigenvalue weighted by atomic mass is 35.5. The van der Waals surface area contributed by atoms with Gasteiger partial charge >= 0.3 is 0 Å². The van der Waals surface area contributed by atoms with Gasteiger partial charge < -0.3 is 10.6 Å². The number of amides is 1. The molecule has 1 aliphatic heterocycles. The first-order valence-corrected chi connectivity index (χ1v) is 8.68. The average molecular weight is 337 g/mol. The van der Waals surface area contributed by atoms with Gasteiger partial charge in [-0.1, -0.05) is 30.7 Å². The minimum atomic E-state index is 0. The Morgan fingerprint density at radius 2 is 1.96 bits per heavy atom. The zero-order valence-electron chi connectivity index (χ0n) is 14.2. The van der Waals surface area contributed by atoms with E-state index in [1.807, 2.05) is 0 Å². The third kappa shape index (κ3) is 3.89. The number of nitrogens with two attached hydrogens (primary N) is 1. The molecule has 2 aliphatic rings. The first kappa shape index (κ1) is 18.3. The predicted octanol–water partition coefficient (Wildman–Crippen LogP) is 3.64. The molecular formula is C19H29ClN2O. The van der Waals surface area contributed by atoms with Crippen molar-refractivity contribution >= 4 is 18.3 Å². The zero-order chi connectivity index (χ0) is 15.7. The van der Waals surface area contributed by atoms with Crippen LogP contribution in [0.15, 0.2) is 24.3 Å². The molecule has 1 saturated carbocycles. The molecule has 1 aliphatic carbocycles. The average Bonchev–Trinajstić information content (AvgIpc) is 2.88. The zero-order valence-corrected chi connectivity index (χ0v) is 15.0. The monoisotopic (exact) mass is 336 g/mol. The summed E-state index contributed by atoms with van der Waals surface area (Å²) in [7, 11) is 0. The Morgan fingerprint density at radius 3 is 2.65 bits per heavy atom. The number of likely N-dealkylation sites (tertiary alicyclic amines) is 1. The largest absolute Gasteiger partial charge is 0.339 e. The van der Waals surface area contributed by atoms with Crippen molar-refractivity contribution in [3.8, 4) is 0 Å². The molecule has 4 heteroatoms. The van der Waals surface area contributed by atoms with E-state index in [2.05, 4.69) is 43.0 Å². The summed E-state index contributed by atoms with van der Waals surface area (Å²) in [6.45, 7) is 5.24. The number of carbonyl (C=O) groups is 1. The topological polar surface area (TPSA) is 46.3 Å². The third-order valence-electron chi connectivity index (χ3n) is 5.55. The fraction of sp³-hybridized carbons (Fsp3) is 0.632. The lowest BCUT2D eigenvalue weighted by Gasteiger charge is -2.31. The highest BCUT2D eigenvalue weighted by molar-refractivity contribution is 5.85. The van der Waals surface area contributed by atoms with E-state index in [0.717, 1.165) is 38.6 Å². The molecule has 0 bridgehead atoms. The molecular weight excluding hydrogens is 308 g/mol. The van der Waals surface area contributed by atoms with Gasteiger partial charge in [-0.05, 0) is 50.7 Å². The summed E-state index contributed by atoms with van der Waals surface area (Å²) in [6.07, 6.45) is 5.14. The molecule has 3 nitrogen and oxygen atoms in total. The van der Waals surface area contributed by atoms with Gasteiger partial charge in [-0.3, -0.25) is 4.79 Å². The van der Waals surface area contributed by atoms with Crippen molar-refractivity contribution < 1.29 is 4.79 Å². The SMILES string of the molecule is Cc1ccccc1C1CC(C)N(C(=O)C2CCCC(N)C2)C1.Cl. The number of benzene rings is 1. The summed E-state index contributed by atoms with van der Waals surface area (Å²) in [6, 6.07) is 9.14. The van der Waals surface area contributed by atoms with Crippen LogP contribution in [-0.4, -0.2) is 29.4 Å². The van der Waals surface area contributed by atoms with Gasteiger partial charge in [0.15, 0.2) is 0 Å². The maximum Gasteiger partial charge on any atom is 0.225 e. The van der Waals surface area contributed by atoms with E-state index in [1.54, 1.807) is 0 Å². The van der Waals surface area contributed by atoms with Gasteiger partial charge in [0, 0.05) is 30.5 Å². The van der Waals surface area contributed by atoms with Crippen LogP contribution in [0.3, 0.4) is 0 Å². The lowest BCUT2D eigenvalue weighted by atomic mass is 9.85. The van der Waals surface area contributed by atoms with Crippen LogP contribution in [0, 0.1) is 12.8 Å². The van der Waals surface area contributed by atoms with Crippen molar-refractivity contribution in [1.82, 2.24) is 4.90 Å². The summed E-state index contributed by atoms with van der Waals surface area (Å²) in [5.41, 5.74) is 8.81. The van der Waals surface area contributed by atoms with E-state index in [0.29, 0.717) is 17.9 Å². The molecule has 0 radical (unpaired) electrons. The first-order chi connectivity index (χ1) is 10.6. The van der Waals surface area contributed by atoms with Crippen molar-refractivity contribution in [2.75, 3.05) is 6.54 Å². The van der Waals surface area contributed by atoms with Gasteiger partial charge in [-0.15, -0.1) is 12.4 Å². The highest BCUT2D eigenvalue weighted by Crippen LogP contribution is 2.35. The number of carbonyl (C=O) groups excluding carboxylic acids is 1. The molecule has 0 spiro atoms. The maximum atomic E-state index is 12.9. The molecule has 128 valence electrons. The number of aryl methyl sites for hydroxylation is 1. The van der Waals surface area contributed by atoms with Crippen molar-refractivity contribution in [3.05, 3.63) is 35.4 Å². The number of hydrogen-bond donors (Lipinski definition) is 1. The summed E-state index contributed by atoms with van der Waals surface area (Å²) >= 11 is 0. The number of nitrogens with zero attached hydrogens (tertiary/aromatic N) is 1. The second-order valence-electron chi connectivity index (χ2n) is 7.25. The molecule has 1 aromatic rings. The van der Waals surface area contributed by atoms with Crippen LogP contribution < -0.4 is 5.73 Å². The second-order valence-corrected chi connectivity index (χ2v) is 7.25. The molecule has 3 rings (SSSR count). The minimum absolute atomic E-state index is 0. The van der Waals surface area contributed by atoms with Crippen molar-refractivity contribution in [2.45, 2.75) is 64.0 Å². The quantitative estimate of drug-likeness (QED) is 0.896. The van der Waals surface area contributed by atoms with Gasteiger partial charge in [0.1, 0.15) is 0 Å². The minimum Gasteiger partial charge on any atom is -0.339 e. The maximum absolute atomic E-state index is 12.9. The van der Waals surface area contributed by atoms with Crippen LogP contribution in [0.5, 0.6) is 0 Å². The van der Waals surface area contributed by atoms with E-state index >= 15 is 0 Å². The normalized spacial score (nSPS) is 30.8. The first-order valence-electron chi connectivity index (χ1n) is 8.68. The Morgan fingerprint density at radius 1 is 1.22 bits per heavy atom. The van der Waals surface area contributed by atoms with E-state index in [9.17, 15) is 4.79 Å². The van der Waals surface area contributed by atoms with E-state index in [1.165, 1.54) is 11.1 Å². The summed E-state index contributed by atoms with van der Waals surface area (Å²) in [5, 5.41) is 0. The summed E-state index contributed by atoms with van der Waals surface area (Å²) in [5.74, 6) is 0.984. The van der Waals surface area contributed by atoms with Crippen molar-refractivity contribution in [1.29, 1.82) is 0 Å². The molecule has 4 atom stereocenters. The van der Waals surface area contributed by atoms with Crippen LogP contribution in [-0.2, 0) is 4.79 Å². The van der Waals surface area contributed by atoms with E-state index < -0.39 is 0 Å². The number of hydrogen-bond acceptors (Lipinski definition) is 2. The summed E-state index contributed by atoms with van der Waals surface area (Å²) < 4.78 is 0. The van der Waals surface area contributed by atoms with Gasteiger partial charge in [0.2, 0.25) is 5.91 Å². The highest BCUT2D eigenvalue weighted by Gasteiger charge is 2.37. The lowest BCUT2D eigenvalue weighted by molar-refractivity contribution is -0.137. The van der Waals surface area contributed by atoms with Crippen LogP contribution in [0.1, 0.15) is 56.1 Å². The molecule has 1 aromatic carbocycles. The van der Waals surface area contributed by atoms with Gasteiger partial charge in [0.25, 0.3) is 0 Å². The lowest BCUT2D eigenvalue weighted by Crippen LogP contribution is -2.42. The summed E-state index contributed by atoms with van der Waals surface area (Å²) in [4.78, 5) is 15.0. The standard InChI is InChI=1S/C19H28N2O.ClH/c1-13-6-3-4-9-18(13)16-10-14(2)21(12-16)19(22)15-7-5-8-17(20)11-15;/h3-4,6,9,14-17H,5,7-8,10-12,20H2,1-2H3;1H. The number of rotatable bonds is 2.